The molecule has 2 aliphatic rings. The van der Waals surface area contributed by atoms with Crippen molar-refractivity contribution >= 4 is 10.9 Å². The van der Waals surface area contributed by atoms with Gasteiger partial charge < -0.3 is 19.1 Å². The molecule has 0 spiro atoms. The van der Waals surface area contributed by atoms with Crippen LogP contribution in [0.1, 0.15) is 18.0 Å². The second-order valence-corrected chi connectivity index (χ2v) is 8.24. The first-order valence-corrected chi connectivity index (χ1v) is 9.92. The number of likely N-dealkylation sites (tertiary alicyclic amines) is 1. The number of nitrogens with zero attached hydrogens (tertiary/aromatic N) is 2. The summed E-state index contributed by atoms with van der Waals surface area (Å²) in [4.78, 5) is 13.6. The van der Waals surface area contributed by atoms with Crippen LogP contribution < -0.4 is 10.5 Å². The Morgan fingerprint density at radius 1 is 1.11 bits per heavy atom. The van der Waals surface area contributed by atoms with Gasteiger partial charge in [0.05, 0.1) is 19.6 Å². The van der Waals surface area contributed by atoms with E-state index in [9.17, 15) is 9.90 Å². The molecule has 2 aliphatic heterocycles. The normalized spacial score (nSPS) is 25.3. The first-order valence-electron chi connectivity index (χ1n) is 9.92. The second-order valence-electron chi connectivity index (χ2n) is 8.24. The third kappa shape index (κ3) is 3.11. The van der Waals surface area contributed by atoms with Crippen LogP contribution in [0.25, 0.3) is 10.9 Å². The predicted molar refractivity (Wildman–Crippen MR) is 105 cm³/mol. The van der Waals surface area contributed by atoms with Crippen LogP contribution in [-0.2, 0) is 13.1 Å². The van der Waals surface area contributed by atoms with Crippen LogP contribution in [0.3, 0.4) is 0 Å². The smallest absolute Gasteiger partial charge is 0.250 e. The molecule has 1 aromatic carbocycles. The lowest BCUT2D eigenvalue weighted by Gasteiger charge is -2.40. The van der Waals surface area contributed by atoms with Gasteiger partial charge in [-0.2, -0.15) is 0 Å². The number of aliphatic hydroxyl groups is 1. The van der Waals surface area contributed by atoms with E-state index >= 15 is 0 Å². The van der Waals surface area contributed by atoms with Crippen molar-refractivity contribution in [3.63, 3.8) is 0 Å². The maximum absolute atomic E-state index is 12.2. The summed E-state index contributed by atoms with van der Waals surface area (Å²) in [5, 5.41) is 12.0. The number of aliphatic hydroxyl groups excluding tert-OH is 1. The van der Waals surface area contributed by atoms with Crippen molar-refractivity contribution < 1.29 is 10.0 Å². The van der Waals surface area contributed by atoms with Crippen LogP contribution in [-0.4, -0.2) is 40.0 Å². The fraction of sp³-hybridized carbons (Fsp3) is 0.409. The Bertz CT molecular complexity index is 1020. The van der Waals surface area contributed by atoms with Gasteiger partial charge in [-0.1, -0.05) is 24.3 Å². The van der Waals surface area contributed by atoms with Gasteiger partial charge in [0.15, 0.2) is 0 Å². The minimum atomic E-state index is -0.368. The Labute approximate surface area is 158 Å². The summed E-state index contributed by atoms with van der Waals surface area (Å²) in [7, 11) is 0. The Morgan fingerprint density at radius 2 is 2.00 bits per heavy atom. The zero-order valence-electron chi connectivity index (χ0n) is 15.4. The average Bonchev–Trinajstić information content (AvgIpc) is 3.05. The van der Waals surface area contributed by atoms with E-state index in [2.05, 4.69) is 35.0 Å². The molecule has 5 nitrogen and oxygen atoms in total. The first kappa shape index (κ1) is 16.8. The highest BCUT2D eigenvalue weighted by molar-refractivity contribution is 5.79. The van der Waals surface area contributed by atoms with Crippen LogP contribution in [0.4, 0.5) is 0 Å². The summed E-state index contributed by atoms with van der Waals surface area (Å²) in [5.74, 6) is 0.965. The van der Waals surface area contributed by atoms with Gasteiger partial charge in [0.25, 0.3) is 5.56 Å². The van der Waals surface area contributed by atoms with E-state index < -0.39 is 0 Å². The predicted octanol–water partition coefficient (Wildman–Crippen LogP) is 0.866. The van der Waals surface area contributed by atoms with Crippen LogP contribution in [0.2, 0.25) is 0 Å². The molecule has 0 amide bonds. The lowest BCUT2D eigenvalue weighted by molar-refractivity contribution is -0.914. The summed E-state index contributed by atoms with van der Waals surface area (Å²) in [6.07, 6.45) is 2.87. The van der Waals surface area contributed by atoms with Crippen LogP contribution in [0.5, 0.6) is 0 Å². The number of pyridine rings is 1. The molecule has 1 fully saturated rings. The molecule has 5 rings (SSSR count). The topological polar surface area (TPSA) is 51.6 Å². The SMILES string of the molecule is O=c1cccc2n1CC1CC2C[NH+](CC(O)Cn2ccc3ccccc32)C1. The number of quaternary nitrogens is 1. The zero-order chi connectivity index (χ0) is 18.4. The maximum atomic E-state index is 12.2. The molecule has 5 heteroatoms. The molecule has 0 radical (unpaired) electrons. The Balaban J connectivity index is 1.29. The van der Waals surface area contributed by atoms with Crippen molar-refractivity contribution in [2.45, 2.75) is 31.5 Å². The lowest BCUT2D eigenvalue weighted by atomic mass is 9.83. The zero-order valence-corrected chi connectivity index (χ0v) is 15.4. The van der Waals surface area contributed by atoms with Crippen molar-refractivity contribution in [1.82, 2.24) is 9.13 Å². The third-order valence-corrected chi connectivity index (χ3v) is 6.28. The molecule has 4 unspecified atom stereocenters. The highest BCUT2D eigenvalue weighted by atomic mass is 16.3. The van der Waals surface area contributed by atoms with E-state index in [1.54, 1.807) is 6.07 Å². The van der Waals surface area contributed by atoms with Crippen LogP contribution in [0.15, 0.2) is 59.5 Å². The standard InChI is InChI=1S/C22H25N3O2/c26-19(15-24-9-8-17-4-1-2-5-20(17)24)14-23-11-16-10-18(13-23)21-6-3-7-22(27)25(21)12-16/h1-9,16,18-19,26H,10-15H2/p+1. The van der Waals surface area contributed by atoms with Gasteiger partial charge in [-0.25, -0.2) is 0 Å². The quantitative estimate of drug-likeness (QED) is 0.722. The molecule has 2 aromatic heterocycles. The summed E-state index contributed by atoms with van der Waals surface area (Å²) in [5.41, 5.74) is 2.49. The molecule has 4 atom stereocenters. The number of para-hydroxylation sites is 1. The number of aromatic nitrogens is 2. The number of fused-ring (bicyclic) bond motifs is 5. The average molecular weight is 364 g/mol. The van der Waals surface area contributed by atoms with E-state index in [0.717, 1.165) is 26.2 Å². The van der Waals surface area contributed by atoms with Crippen LogP contribution >= 0.6 is 0 Å². The number of hydrogen-bond acceptors (Lipinski definition) is 2. The Kier molecular flexibility index (Phi) is 4.14. The molecular formula is C22H26N3O2+. The molecule has 3 aromatic rings. The van der Waals surface area contributed by atoms with E-state index in [0.29, 0.717) is 18.4 Å². The summed E-state index contributed by atoms with van der Waals surface area (Å²) in [6.45, 7) is 4.26. The summed E-state index contributed by atoms with van der Waals surface area (Å²) >= 11 is 0. The van der Waals surface area contributed by atoms with Crippen molar-refractivity contribution in [1.29, 1.82) is 0 Å². The Morgan fingerprint density at radius 3 is 2.93 bits per heavy atom. The minimum Gasteiger partial charge on any atom is -0.385 e. The molecular weight excluding hydrogens is 338 g/mol. The number of nitrogens with one attached hydrogen (secondary N) is 1. The molecule has 0 aliphatic carbocycles. The first-order chi connectivity index (χ1) is 13.2. The fourth-order valence-corrected chi connectivity index (χ4v) is 5.21. The molecule has 2 bridgehead atoms. The number of benzene rings is 1. The molecule has 0 saturated carbocycles. The molecule has 140 valence electrons. The van der Waals surface area contributed by atoms with Gasteiger partial charge in [-0.15, -0.1) is 0 Å². The lowest BCUT2D eigenvalue weighted by Crippen LogP contribution is -3.15. The molecule has 27 heavy (non-hydrogen) atoms. The van der Waals surface area contributed by atoms with Gasteiger partial charge in [0, 0.05) is 41.9 Å². The Hall–Kier alpha value is -2.37. The van der Waals surface area contributed by atoms with Gasteiger partial charge in [-0.05, 0) is 30.0 Å². The third-order valence-electron chi connectivity index (χ3n) is 6.28. The monoisotopic (exact) mass is 364 g/mol. The van der Waals surface area contributed by atoms with E-state index in [4.69, 9.17) is 0 Å². The molecule has 2 N–H and O–H groups in total. The summed E-state index contributed by atoms with van der Waals surface area (Å²) in [6, 6.07) is 16.1. The van der Waals surface area contributed by atoms with Gasteiger partial charge >= 0.3 is 0 Å². The molecule has 1 saturated heterocycles. The largest absolute Gasteiger partial charge is 0.385 e. The van der Waals surface area contributed by atoms with E-state index in [1.165, 1.54) is 27.9 Å². The maximum Gasteiger partial charge on any atom is 0.250 e. The van der Waals surface area contributed by atoms with Gasteiger partial charge in [-0.3, -0.25) is 4.79 Å². The highest BCUT2D eigenvalue weighted by Crippen LogP contribution is 2.30. The van der Waals surface area contributed by atoms with Crippen LogP contribution in [0, 0.1) is 5.92 Å². The second kappa shape index (κ2) is 6.66. The minimum absolute atomic E-state index is 0.130. The van der Waals surface area contributed by atoms with Gasteiger partial charge in [0.1, 0.15) is 12.6 Å². The van der Waals surface area contributed by atoms with Crippen molar-refractivity contribution in [2.75, 3.05) is 19.6 Å². The van der Waals surface area contributed by atoms with Crippen molar-refractivity contribution in [3.8, 4) is 0 Å². The van der Waals surface area contributed by atoms with E-state index in [1.807, 2.05) is 22.8 Å². The fourth-order valence-electron chi connectivity index (χ4n) is 5.21. The van der Waals surface area contributed by atoms with Crippen molar-refractivity contribution in [3.05, 3.63) is 70.8 Å². The molecule has 4 heterocycles. The van der Waals surface area contributed by atoms with E-state index in [-0.39, 0.29) is 11.7 Å². The number of hydrogen-bond donors (Lipinski definition) is 2. The van der Waals surface area contributed by atoms with Gasteiger partial charge in [0.2, 0.25) is 0 Å². The summed E-state index contributed by atoms with van der Waals surface area (Å²) < 4.78 is 4.12. The highest BCUT2D eigenvalue weighted by Gasteiger charge is 2.37. The number of rotatable bonds is 4. The van der Waals surface area contributed by atoms with Crippen molar-refractivity contribution in [2.24, 2.45) is 5.92 Å². The number of piperidine rings is 1.